The Kier molecular flexibility index (Phi) is 14.3. The molecule has 4 N–H and O–H groups in total. The van der Waals surface area contributed by atoms with Gasteiger partial charge in [0.25, 0.3) is 21.8 Å². The van der Waals surface area contributed by atoms with Gasteiger partial charge in [-0.3, -0.25) is 24.7 Å². The molecule has 11 rings (SSSR count). The van der Waals surface area contributed by atoms with Crippen LogP contribution in [0, 0.1) is 34.2 Å². The van der Waals surface area contributed by atoms with Crippen molar-refractivity contribution in [3.05, 3.63) is 129 Å². The molecular weight excluding hydrogens is 1030 g/mol. The highest BCUT2D eigenvalue weighted by molar-refractivity contribution is 7.90. The number of nitro groups is 1. The van der Waals surface area contributed by atoms with Crippen LogP contribution in [0.25, 0.3) is 22.0 Å². The standard InChI is InChI=1S/C58H66FN9O10S/c1-34(2)41-9-7-8-10-42(41)48-31-65(30-37-11-14-49(75-5)52-44(37)21-35(3)77-52)19-20-67(48)39-25-58(26-39)32-66(33-58)38-12-13-43(50(22-38)78-51-24-45-46(59)29-62-53(45)63-56(51)76-6)55(69)64-79(73,74)40-23-47(68(71)72)54(61-28-40)60-27-36-15-17-57(4,70)18-16-36/h7-14,21-24,28-29,34,36,39,48,70H,15-20,25-27,30-33H2,1-6H3,(H,60,61)(H,62,63)(H,64,69)/t36?,48-,57?/m0/s1. The molecule has 1 atom stereocenters. The number of fused-ring (bicyclic) bond motifs is 2. The maximum atomic E-state index is 14.9. The van der Waals surface area contributed by atoms with Gasteiger partial charge in [-0.25, -0.2) is 22.5 Å². The maximum absolute atomic E-state index is 14.9. The first-order valence-electron chi connectivity index (χ1n) is 26.9. The molecule has 2 saturated carbocycles. The third-order valence-corrected chi connectivity index (χ3v) is 18.0. The van der Waals surface area contributed by atoms with Crippen molar-refractivity contribution in [2.24, 2.45) is 11.3 Å². The van der Waals surface area contributed by atoms with Crippen molar-refractivity contribution in [2.45, 2.75) is 101 Å². The van der Waals surface area contributed by atoms with Crippen LogP contribution in [0.4, 0.5) is 21.6 Å². The first-order chi connectivity index (χ1) is 37.8. The molecule has 21 heteroatoms. The number of furan rings is 1. The van der Waals surface area contributed by atoms with Crippen LogP contribution in [0.5, 0.6) is 23.1 Å². The first-order valence-corrected chi connectivity index (χ1v) is 28.4. The second-order valence-corrected chi connectivity index (χ2v) is 24.3. The molecule has 1 amide bonds. The van der Waals surface area contributed by atoms with Gasteiger partial charge in [-0.2, -0.15) is 4.98 Å². The molecule has 6 heterocycles. The summed E-state index contributed by atoms with van der Waals surface area (Å²) in [5.74, 6) is 0.115. The Hall–Kier alpha value is -7.33. The van der Waals surface area contributed by atoms with Crippen molar-refractivity contribution in [3.63, 3.8) is 0 Å². The Bertz CT molecular complexity index is 3580. The number of rotatable bonds is 17. The number of methoxy groups -OCH3 is 2. The molecule has 2 aliphatic heterocycles. The number of nitrogens with zero attached hydrogens (tertiary/aromatic N) is 6. The van der Waals surface area contributed by atoms with Crippen molar-refractivity contribution < 1.29 is 46.3 Å². The highest BCUT2D eigenvalue weighted by Crippen LogP contribution is 2.54. The van der Waals surface area contributed by atoms with Gasteiger partial charge in [-0.05, 0) is 105 Å². The van der Waals surface area contributed by atoms with E-state index < -0.39 is 42.9 Å². The lowest BCUT2D eigenvalue weighted by Gasteiger charge is -2.63. The summed E-state index contributed by atoms with van der Waals surface area (Å²) in [4.78, 5) is 43.8. The second-order valence-electron chi connectivity index (χ2n) is 22.6. The zero-order chi connectivity index (χ0) is 55.5. The topological polar surface area (TPSA) is 231 Å². The van der Waals surface area contributed by atoms with Crippen LogP contribution < -0.4 is 29.1 Å². The maximum Gasteiger partial charge on any atom is 0.312 e. The van der Waals surface area contributed by atoms with E-state index in [1.165, 1.54) is 35.9 Å². The van der Waals surface area contributed by atoms with Crippen LogP contribution in [0.2, 0.25) is 0 Å². The van der Waals surface area contributed by atoms with Gasteiger partial charge < -0.3 is 38.9 Å². The van der Waals surface area contributed by atoms with Gasteiger partial charge in [-0.1, -0.05) is 44.2 Å². The van der Waals surface area contributed by atoms with E-state index in [1.54, 1.807) is 26.2 Å². The van der Waals surface area contributed by atoms with Gasteiger partial charge in [0.2, 0.25) is 5.82 Å². The lowest BCUT2D eigenvalue weighted by atomic mass is 9.59. The summed E-state index contributed by atoms with van der Waals surface area (Å²) < 4.78 is 68.4. The number of carbonyl (C=O) groups excluding carboxylic acids is 1. The number of carbonyl (C=O) groups is 1. The number of hydrogen-bond acceptors (Lipinski definition) is 16. The van der Waals surface area contributed by atoms with Gasteiger partial charge in [0.15, 0.2) is 17.1 Å². The number of amides is 1. The average Bonchev–Trinajstić information content (AvgIpc) is 4.18. The van der Waals surface area contributed by atoms with Crippen LogP contribution in [0.15, 0.2) is 94.5 Å². The lowest BCUT2D eigenvalue weighted by molar-refractivity contribution is -0.384. The van der Waals surface area contributed by atoms with E-state index in [0.29, 0.717) is 49.9 Å². The number of hydrogen-bond donors (Lipinski definition) is 4. The molecule has 3 aromatic carbocycles. The van der Waals surface area contributed by atoms with E-state index in [1.807, 2.05) is 13.0 Å². The predicted octanol–water partition coefficient (Wildman–Crippen LogP) is 9.99. The number of sulfonamides is 1. The summed E-state index contributed by atoms with van der Waals surface area (Å²) in [7, 11) is -1.72. The Labute approximate surface area is 457 Å². The molecule has 7 aromatic rings. The van der Waals surface area contributed by atoms with E-state index in [2.05, 4.69) is 89.9 Å². The molecule has 4 aromatic heterocycles. The quantitative estimate of drug-likeness (QED) is 0.0491. The molecule has 2 aliphatic carbocycles. The average molecular weight is 1100 g/mol. The number of aliphatic hydroxyl groups is 1. The van der Waals surface area contributed by atoms with Gasteiger partial charge in [0, 0.05) is 98.8 Å². The van der Waals surface area contributed by atoms with Gasteiger partial charge in [0.1, 0.15) is 27.9 Å². The van der Waals surface area contributed by atoms with Crippen LogP contribution >= 0.6 is 0 Å². The van der Waals surface area contributed by atoms with Crippen LogP contribution in [-0.2, 0) is 16.6 Å². The third-order valence-electron chi connectivity index (χ3n) is 16.7. The number of pyridine rings is 2. The number of piperazine rings is 1. The number of halogens is 1. The molecule has 4 fully saturated rings. The van der Waals surface area contributed by atoms with Crippen molar-refractivity contribution in [1.82, 2.24) is 29.5 Å². The van der Waals surface area contributed by atoms with Crippen LogP contribution in [0.1, 0.15) is 104 Å². The van der Waals surface area contributed by atoms with Crippen LogP contribution in [0.3, 0.4) is 0 Å². The highest BCUT2D eigenvalue weighted by Gasteiger charge is 2.55. The van der Waals surface area contributed by atoms with E-state index in [0.717, 1.165) is 93.0 Å². The van der Waals surface area contributed by atoms with Crippen molar-refractivity contribution in [1.29, 1.82) is 0 Å². The number of nitrogens with one attached hydrogen (secondary N) is 3. The molecule has 0 unspecified atom stereocenters. The fraction of sp³-hybridized carbons (Fsp3) is 0.431. The number of aryl methyl sites for hydroxylation is 1. The molecule has 19 nitrogen and oxygen atoms in total. The number of ether oxygens (including phenoxy) is 3. The first kappa shape index (κ1) is 53.7. The second kappa shape index (κ2) is 21.0. The molecule has 2 saturated heterocycles. The van der Waals surface area contributed by atoms with E-state index in [9.17, 15) is 32.8 Å². The molecule has 0 bridgehead atoms. The third kappa shape index (κ3) is 10.7. The minimum atomic E-state index is -4.75. The van der Waals surface area contributed by atoms with Gasteiger partial charge in [0.05, 0.1) is 41.9 Å². The summed E-state index contributed by atoms with van der Waals surface area (Å²) in [5, 5.41) is 26.8. The number of aromatic nitrogens is 3. The lowest BCUT2D eigenvalue weighted by Crippen LogP contribution is -2.68. The largest absolute Gasteiger partial charge is 0.493 e. The molecule has 79 heavy (non-hydrogen) atoms. The van der Waals surface area contributed by atoms with Crippen molar-refractivity contribution in [3.8, 4) is 23.1 Å². The molecule has 1 spiro atoms. The van der Waals surface area contributed by atoms with Crippen molar-refractivity contribution >= 4 is 55.1 Å². The SMILES string of the molecule is COc1nc2[nH]cc(F)c2cc1Oc1cc(N2CC3(CC(N4CCN(Cc5ccc(OC)c6oc(C)cc56)C[C@H]4c4ccccc4C(C)C)C3)C2)ccc1C(=O)NS(=O)(=O)c1cnc(NCC2CCC(C)(O)CC2)c([N+](=O)[O-])c1. The van der Waals surface area contributed by atoms with E-state index >= 15 is 0 Å². The fourth-order valence-electron chi connectivity index (χ4n) is 12.4. The molecular formula is C58H66FN9O10S. The summed E-state index contributed by atoms with van der Waals surface area (Å²) in [6, 6.07) is 22.7. The van der Waals surface area contributed by atoms with Crippen LogP contribution in [-0.4, -0.2) is 114 Å². The Morgan fingerprint density at radius 3 is 2.51 bits per heavy atom. The Morgan fingerprint density at radius 2 is 1.77 bits per heavy atom. The molecule has 0 radical (unpaired) electrons. The summed E-state index contributed by atoms with van der Waals surface area (Å²) in [5.41, 5.74) is 4.11. The Morgan fingerprint density at radius 1 is 1.00 bits per heavy atom. The normalized spacial score (nSPS) is 20.8. The minimum absolute atomic E-state index is 0.0224. The summed E-state index contributed by atoms with van der Waals surface area (Å²) >= 11 is 0. The van der Waals surface area contributed by atoms with Gasteiger partial charge in [-0.15, -0.1) is 0 Å². The Balaban J connectivity index is 0.816. The van der Waals surface area contributed by atoms with Gasteiger partial charge >= 0.3 is 5.69 Å². The van der Waals surface area contributed by atoms with E-state index in [-0.39, 0.29) is 57.2 Å². The van der Waals surface area contributed by atoms with E-state index in [4.69, 9.17) is 18.6 Å². The summed E-state index contributed by atoms with van der Waals surface area (Å²) in [6.07, 6.45) is 6.69. The minimum Gasteiger partial charge on any atom is -0.493 e. The summed E-state index contributed by atoms with van der Waals surface area (Å²) in [6.45, 7) is 13.5. The smallest absolute Gasteiger partial charge is 0.312 e. The molecule has 4 aliphatic rings. The fourth-order valence-corrected chi connectivity index (χ4v) is 13.3. The highest BCUT2D eigenvalue weighted by atomic mass is 32.2. The zero-order valence-corrected chi connectivity index (χ0v) is 46.0. The zero-order valence-electron chi connectivity index (χ0n) is 45.2. The number of anilines is 2. The number of H-pyrrole nitrogens is 1. The number of aromatic amines is 1. The van der Waals surface area contributed by atoms with Crippen molar-refractivity contribution in [2.75, 3.05) is 63.7 Å². The molecule has 416 valence electrons. The monoisotopic (exact) mass is 1100 g/mol. The predicted molar refractivity (Wildman–Crippen MR) is 296 cm³/mol. The number of benzene rings is 3.